The Morgan fingerprint density at radius 1 is 1.06 bits per heavy atom. The summed E-state index contributed by atoms with van der Waals surface area (Å²) in [5.74, 6) is 1.32. The van der Waals surface area contributed by atoms with Crippen molar-refractivity contribution in [2.45, 2.75) is 24.3 Å². The summed E-state index contributed by atoms with van der Waals surface area (Å²) in [4.78, 5) is 14.4. The van der Waals surface area contributed by atoms with Gasteiger partial charge in [-0.05, 0) is 41.8 Å². The zero-order valence-electron chi connectivity index (χ0n) is 18.2. The third-order valence-corrected chi connectivity index (χ3v) is 6.99. The molecule has 1 aliphatic heterocycles. The van der Waals surface area contributed by atoms with E-state index in [0.29, 0.717) is 29.6 Å². The van der Waals surface area contributed by atoms with Gasteiger partial charge in [-0.1, -0.05) is 48.5 Å². The highest BCUT2D eigenvalue weighted by Gasteiger charge is 2.22. The molecule has 0 radical (unpaired) electrons. The van der Waals surface area contributed by atoms with Crippen LogP contribution in [0.1, 0.15) is 18.1 Å². The summed E-state index contributed by atoms with van der Waals surface area (Å²) >= 11 is 7.99. The predicted octanol–water partition coefficient (Wildman–Crippen LogP) is 4.72. The zero-order chi connectivity index (χ0) is 22.8. The van der Waals surface area contributed by atoms with E-state index in [1.54, 1.807) is 0 Å². The third kappa shape index (κ3) is 4.51. The maximum atomic E-state index is 12.2. The second-order valence-corrected chi connectivity index (χ2v) is 9.08. The first kappa shape index (κ1) is 22.0. The van der Waals surface area contributed by atoms with Crippen molar-refractivity contribution in [3.63, 3.8) is 0 Å². The highest BCUT2D eigenvalue weighted by Crippen LogP contribution is 2.32. The van der Waals surface area contributed by atoms with Crippen LogP contribution in [0, 0.1) is 0 Å². The number of anilines is 1. The number of halogens is 1. The monoisotopic (exact) mass is 482 g/mol. The van der Waals surface area contributed by atoms with Gasteiger partial charge in [-0.15, -0.1) is 10.2 Å². The number of para-hydroxylation sites is 1. The minimum atomic E-state index is -0.374. The lowest BCUT2D eigenvalue weighted by atomic mass is 10.1. The van der Waals surface area contributed by atoms with Gasteiger partial charge in [-0.25, -0.2) is 4.79 Å². The van der Waals surface area contributed by atoms with E-state index in [4.69, 9.17) is 20.8 Å². The van der Waals surface area contributed by atoms with Crippen LogP contribution in [0.5, 0.6) is 0 Å². The molecule has 9 heteroatoms. The first-order valence-electron chi connectivity index (χ1n) is 10.9. The maximum Gasteiger partial charge on any atom is 0.336 e. The number of fused-ring (bicyclic) bond motifs is 1. The molecule has 4 aromatic rings. The lowest BCUT2D eigenvalue weighted by Gasteiger charge is -2.27. The summed E-state index contributed by atoms with van der Waals surface area (Å²) in [6, 6.07) is 15.3. The van der Waals surface area contributed by atoms with Crippen LogP contribution in [-0.4, -0.2) is 41.1 Å². The molecule has 3 heterocycles. The summed E-state index contributed by atoms with van der Waals surface area (Å²) in [6.45, 7) is 4.87. The molecular formula is C24H23ClN4O3S. The smallest absolute Gasteiger partial charge is 0.336 e. The van der Waals surface area contributed by atoms with Crippen molar-refractivity contribution < 1.29 is 9.15 Å². The van der Waals surface area contributed by atoms with Gasteiger partial charge in [-0.2, -0.15) is 0 Å². The Kier molecular flexibility index (Phi) is 6.39. The van der Waals surface area contributed by atoms with E-state index in [1.807, 2.05) is 49.4 Å². The van der Waals surface area contributed by atoms with E-state index in [2.05, 4.69) is 19.7 Å². The summed E-state index contributed by atoms with van der Waals surface area (Å²) < 4.78 is 13.0. The van der Waals surface area contributed by atoms with Crippen LogP contribution in [0.2, 0.25) is 5.02 Å². The molecule has 0 unspecified atom stereocenters. The van der Waals surface area contributed by atoms with Gasteiger partial charge in [0, 0.05) is 35.3 Å². The number of hydrogen-bond donors (Lipinski definition) is 0. The fourth-order valence-electron chi connectivity index (χ4n) is 3.95. The number of benzene rings is 2. The quantitative estimate of drug-likeness (QED) is 0.291. The number of nitrogens with zero attached hydrogens (tertiary/aromatic N) is 4. The molecule has 5 rings (SSSR count). The molecule has 1 saturated heterocycles. The molecule has 0 spiro atoms. The first-order chi connectivity index (χ1) is 16.1. The van der Waals surface area contributed by atoms with Gasteiger partial charge in [0.1, 0.15) is 5.58 Å². The molecule has 33 heavy (non-hydrogen) atoms. The topological polar surface area (TPSA) is 73.4 Å². The van der Waals surface area contributed by atoms with E-state index in [9.17, 15) is 4.79 Å². The van der Waals surface area contributed by atoms with Gasteiger partial charge in [-0.3, -0.25) is 4.57 Å². The molecule has 0 atom stereocenters. The van der Waals surface area contributed by atoms with E-state index < -0.39 is 0 Å². The van der Waals surface area contributed by atoms with E-state index in [-0.39, 0.29) is 5.63 Å². The van der Waals surface area contributed by atoms with Crippen LogP contribution in [0.4, 0.5) is 5.95 Å². The first-order valence-corrected chi connectivity index (χ1v) is 12.2. The summed E-state index contributed by atoms with van der Waals surface area (Å²) in [6.07, 6.45) is 0.766. The summed E-state index contributed by atoms with van der Waals surface area (Å²) in [7, 11) is 0. The number of aromatic nitrogens is 3. The van der Waals surface area contributed by atoms with Crippen molar-refractivity contribution in [2.24, 2.45) is 0 Å². The zero-order valence-corrected chi connectivity index (χ0v) is 19.7. The predicted molar refractivity (Wildman–Crippen MR) is 131 cm³/mol. The molecular weight excluding hydrogens is 460 g/mol. The summed E-state index contributed by atoms with van der Waals surface area (Å²) in [5, 5.41) is 11.3. The number of rotatable bonds is 6. The SMILES string of the molecule is CCc1cc2oc(=O)cc(CSc3nnc(N4CCOCC4)n3-c3ccccc3)c2cc1Cl. The Bertz CT molecular complexity index is 1330. The second kappa shape index (κ2) is 9.59. The molecule has 2 aromatic carbocycles. The van der Waals surface area contributed by atoms with Crippen LogP contribution in [0.3, 0.4) is 0 Å². The fraction of sp³-hybridized carbons (Fsp3) is 0.292. The van der Waals surface area contributed by atoms with Crippen molar-refractivity contribution in [1.29, 1.82) is 0 Å². The van der Waals surface area contributed by atoms with Crippen LogP contribution >= 0.6 is 23.4 Å². The van der Waals surface area contributed by atoms with Crippen LogP contribution in [-0.2, 0) is 16.9 Å². The molecule has 1 fully saturated rings. The van der Waals surface area contributed by atoms with E-state index in [0.717, 1.165) is 52.8 Å². The Morgan fingerprint density at radius 2 is 1.85 bits per heavy atom. The minimum absolute atomic E-state index is 0.374. The Morgan fingerprint density at radius 3 is 2.61 bits per heavy atom. The number of thioether (sulfide) groups is 1. The number of aryl methyl sites for hydroxylation is 1. The molecule has 170 valence electrons. The lowest BCUT2D eigenvalue weighted by molar-refractivity contribution is 0.122. The molecule has 0 bridgehead atoms. The van der Waals surface area contributed by atoms with Crippen molar-refractivity contribution in [1.82, 2.24) is 14.8 Å². The average Bonchev–Trinajstić information content (AvgIpc) is 3.27. The van der Waals surface area contributed by atoms with Crippen molar-refractivity contribution in [3.8, 4) is 5.69 Å². The number of hydrogen-bond acceptors (Lipinski definition) is 7. The van der Waals surface area contributed by atoms with Gasteiger partial charge in [0.2, 0.25) is 5.95 Å². The largest absolute Gasteiger partial charge is 0.423 e. The van der Waals surface area contributed by atoms with Crippen molar-refractivity contribution in [3.05, 3.63) is 75.1 Å². The van der Waals surface area contributed by atoms with E-state index in [1.165, 1.54) is 17.8 Å². The maximum absolute atomic E-state index is 12.2. The third-order valence-electron chi connectivity index (χ3n) is 5.66. The highest BCUT2D eigenvalue weighted by molar-refractivity contribution is 7.98. The molecule has 0 aliphatic carbocycles. The van der Waals surface area contributed by atoms with Gasteiger partial charge in [0.15, 0.2) is 5.16 Å². The van der Waals surface area contributed by atoms with Crippen LogP contribution in [0.15, 0.2) is 62.9 Å². The standard InChI is InChI=1S/C24H23ClN4O3S/c1-2-16-12-21-19(14-20(16)25)17(13-22(30)32-21)15-33-24-27-26-23(28-8-10-31-11-9-28)29(24)18-6-4-3-5-7-18/h3-7,12-14H,2,8-11,15H2,1H3. The van der Waals surface area contributed by atoms with Crippen LogP contribution in [0.25, 0.3) is 16.7 Å². The van der Waals surface area contributed by atoms with Crippen LogP contribution < -0.4 is 10.5 Å². The molecule has 0 saturated carbocycles. The molecule has 2 aromatic heterocycles. The average molecular weight is 483 g/mol. The fourth-order valence-corrected chi connectivity index (χ4v) is 5.18. The number of morpholine rings is 1. The summed E-state index contributed by atoms with van der Waals surface area (Å²) in [5.41, 5.74) is 2.97. The molecule has 1 aliphatic rings. The van der Waals surface area contributed by atoms with Crippen molar-refractivity contribution in [2.75, 3.05) is 31.2 Å². The van der Waals surface area contributed by atoms with Gasteiger partial charge < -0.3 is 14.1 Å². The Labute approximate surface area is 200 Å². The van der Waals surface area contributed by atoms with Gasteiger partial charge in [0.25, 0.3) is 0 Å². The molecule has 0 amide bonds. The van der Waals surface area contributed by atoms with E-state index >= 15 is 0 Å². The number of ether oxygens (including phenoxy) is 1. The normalized spacial score (nSPS) is 14.2. The second-order valence-electron chi connectivity index (χ2n) is 7.73. The minimum Gasteiger partial charge on any atom is -0.423 e. The lowest BCUT2D eigenvalue weighted by Crippen LogP contribution is -2.37. The van der Waals surface area contributed by atoms with Gasteiger partial charge in [0.05, 0.1) is 18.9 Å². The Balaban J connectivity index is 1.51. The molecule has 0 N–H and O–H groups in total. The van der Waals surface area contributed by atoms with Crippen molar-refractivity contribution >= 4 is 40.3 Å². The Hall–Kier alpha value is -2.81. The highest BCUT2D eigenvalue weighted by atomic mass is 35.5. The molecule has 7 nitrogen and oxygen atoms in total. The van der Waals surface area contributed by atoms with Gasteiger partial charge >= 0.3 is 5.63 Å².